The van der Waals surface area contributed by atoms with Gasteiger partial charge in [-0.1, -0.05) is 30.1 Å². The smallest absolute Gasteiger partial charge is 0.224 e. The van der Waals surface area contributed by atoms with Crippen molar-refractivity contribution in [3.05, 3.63) is 93.2 Å². The molecule has 298 valence electrons. The number of nitrogens with zero attached hydrogens (tertiary/aromatic N) is 6. The number of anilines is 3. The van der Waals surface area contributed by atoms with Crippen LogP contribution in [0.5, 0.6) is 0 Å². The Kier molecular flexibility index (Phi) is 16.2. The van der Waals surface area contributed by atoms with Crippen LogP contribution in [0.4, 0.5) is 17.6 Å². The maximum atomic E-state index is 12.5. The van der Waals surface area contributed by atoms with Crippen molar-refractivity contribution in [1.82, 2.24) is 29.7 Å². The maximum absolute atomic E-state index is 12.5. The first-order chi connectivity index (χ1) is 26.7. The molecule has 7 N–H and O–H groups in total. The van der Waals surface area contributed by atoms with Crippen molar-refractivity contribution in [1.29, 1.82) is 0 Å². The molecular weight excluding hydrogens is 779 g/mol. The molecule has 4 heterocycles. The van der Waals surface area contributed by atoms with Gasteiger partial charge in [-0.2, -0.15) is 4.98 Å². The second kappa shape index (κ2) is 20.8. The number of halogens is 2. The van der Waals surface area contributed by atoms with E-state index in [1.807, 2.05) is 9.80 Å². The molecule has 2 aromatic heterocycles. The second-order valence-electron chi connectivity index (χ2n) is 13.0. The summed E-state index contributed by atoms with van der Waals surface area (Å²) in [5.41, 5.74) is 18.7. The van der Waals surface area contributed by atoms with Crippen LogP contribution in [-0.2, 0) is 20.4 Å². The zero-order chi connectivity index (χ0) is 40.9. The van der Waals surface area contributed by atoms with E-state index in [0.717, 1.165) is 38.8 Å². The molecule has 1 unspecified atom stereocenters. The van der Waals surface area contributed by atoms with E-state index in [0.29, 0.717) is 52.0 Å². The molecule has 2 saturated heterocycles. The van der Waals surface area contributed by atoms with Crippen molar-refractivity contribution in [2.24, 2.45) is 5.73 Å². The Hall–Kier alpha value is -5.03. The number of benzene rings is 2. The Morgan fingerprint density at radius 1 is 0.732 bits per heavy atom. The quantitative estimate of drug-likeness (QED) is 0.143. The number of ketones is 2. The van der Waals surface area contributed by atoms with E-state index in [1.165, 1.54) is 12.4 Å². The Morgan fingerprint density at radius 3 is 1.57 bits per heavy atom. The van der Waals surface area contributed by atoms with Gasteiger partial charge in [-0.05, 0) is 74.2 Å². The Labute approximate surface area is 338 Å². The van der Waals surface area contributed by atoms with Gasteiger partial charge in [0.1, 0.15) is 11.6 Å². The summed E-state index contributed by atoms with van der Waals surface area (Å²) in [5.74, 6) is 0.649. The molecule has 0 aliphatic carbocycles. The number of amides is 2. The Bertz CT molecular complexity index is 2020. The third kappa shape index (κ3) is 12.5. The van der Waals surface area contributed by atoms with Crippen LogP contribution >= 0.6 is 23.2 Å². The zero-order valence-electron chi connectivity index (χ0n) is 31.4. The summed E-state index contributed by atoms with van der Waals surface area (Å²) in [5, 5.41) is 4.46. The molecule has 18 heteroatoms. The third-order valence-electron chi connectivity index (χ3n) is 9.04. The molecule has 2 amide bonds. The lowest BCUT2D eigenvalue weighted by atomic mass is 10.0. The lowest BCUT2D eigenvalue weighted by Gasteiger charge is -2.31. The fourth-order valence-corrected chi connectivity index (χ4v) is 6.56. The number of hydrogen-bond acceptors (Lipinski definition) is 13. The van der Waals surface area contributed by atoms with E-state index in [2.05, 4.69) is 25.3 Å². The number of carbonyl (C=O) groups is 4. The molecule has 56 heavy (non-hydrogen) atoms. The topological polar surface area (TPSA) is 233 Å². The van der Waals surface area contributed by atoms with Gasteiger partial charge in [0.25, 0.3) is 0 Å². The van der Waals surface area contributed by atoms with Gasteiger partial charge < -0.3 is 32.3 Å². The zero-order valence-corrected chi connectivity index (χ0v) is 33.7. The fourth-order valence-electron chi connectivity index (χ4n) is 5.68. The lowest BCUT2D eigenvalue weighted by Crippen LogP contribution is -2.41. The van der Waals surface area contributed by atoms with Crippen molar-refractivity contribution in [2.45, 2.75) is 63.7 Å². The number of hydrogen-bond donors (Lipinski definition) is 4. The minimum Gasteiger partial charge on any atom is -0.383 e. The Balaban J connectivity index is 0.000000205. The predicted octanol–water partition coefficient (Wildman–Crippen LogP) is 4.39. The SMILES string of the molecule is CC(=O)N1CCC(N)CC1.CC(=O)N1CCC(Nc2ncc(C(=O)c3ccc(Cl)cc3)c(N)n2)CC1.CCS(=O)c1ncc(C(=O)c2ccc(Cl)cc2)c(N)n1. The summed E-state index contributed by atoms with van der Waals surface area (Å²) < 4.78 is 11.6. The number of nitrogens with one attached hydrogen (secondary N) is 1. The molecule has 6 rings (SSSR count). The molecule has 2 fully saturated rings. The first-order valence-corrected chi connectivity index (χ1v) is 20.0. The van der Waals surface area contributed by atoms with E-state index >= 15 is 0 Å². The third-order valence-corrected chi connectivity index (χ3v) is 10.7. The highest BCUT2D eigenvalue weighted by atomic mass is 35.5. The van der Waals surface area contributed by atoms with Crippen LogP contribution in [0, 0.1) is 0 Å². The number of rotatable bonds is 8. The van der Waals surface area contributed by atoms with Crippen molar-refractivity contribution in [2.75, 3.05) is 48.7 Å². The molecule has 1 atom stereocenters. The van der Waals surface area contributed by atoms with Crippen LogP contribution in [0.15, 0.2) is 66.1 Å². The van der Waals surface area contributed by atoms with Gasteiger partial charge in [0, 0.05) is 91.4 Å². The van der Waals surface area contributed by atoms with Crippen LogP contribution in [0.25, 0.3) is 0 Å². The van der Waals surface area contributed by atoms with E-state index in [9.17, 15) is 23.4 Å². The normalized spacial score (nSPS) is 15.0. The van der Waals surface area contributed by atoms with Gasteiger partial charge >= 0.3 is 0 Å². The number of nitrogen functional groups attached to an aromatic ring is 2. The summed E-state index contributed by atoms with van der Waals surface area (Å²) in [6, 6.07) is 13.5. The largest absolute Gasteiger partial charge is 0.383 e. The summed E-state index contributed by atoms with van der Waals surface area (Å²) in [6.07, 6.45) is 6.29. The number of carbonyl (C=O) groups excluding carboxylic acids is 4. The monoisotopic (exact) mass is 824 g/mol. The van der Waals surface area contributed by atoms with Crippen LogP contribution in [0.2, 0.25) is 10.0 Å². The molecule has 2 aromatic carbocycles. The molecule has 15 nitrogen and oxygen atoms in total. The van der Waals surface area contributed by atoms with Crippen LogP contribution in [0.3, 0.4) is 0 Å². The molecule has 0 radical (unpaired) electrons. The molecule has 0 saturated carbocycles. The molecule has 2 aliphatic rings. The van der Waals surface area contributed by atoms with E-state index in [4.69, 9.17) is 40.4 Å². The van der Waals surface area contributed by atoms with Crippen LogP contribution in [-0.4, -0.2) is 101 Å². The van der Waals surface area contributed by atoms with Crippen molar-refractivity contribution >= 4 is 75.0 Å². The first kappa shape index (κ1) is 43.7. The lowest BCUT2D eigenvalue weighted by molar-refractivity contribution is -0.130. The van der Waals surface area contributed by atoms with Crippen LogP contribution < -0.4 is 22.5 Å². The minimum atomic E-state index is -1.30. The number of likely N-dealkylation sites (tertiary alicyclic amines) is 2. The van der Waals surface area contributed by atoms with Crippen molar-refractivity contribution in [3.63, 3.8) is 0 Å². The average molecular weight is 826 g/mol. The highest BCUT2D eigenvalue weighted by molar-refractivity contribution is 7.84. The van der Waals surface area contributed by atoms with Gasteiger partial charge in [-0.25, -0.2) is 15.0 Å². The molecular formula is C38H46Cl2N10O5S. The average Bonchev–Trinajstić information content (AvgIpc) is 3.18. The summed E-state index contributed by atoms with van der Waals surface area (Å²) in [7, 11) is -1.30. The molecule has 2 aliphatic heterocycles. The van der Waals surface area contributed by atoms with E-state index in [-0.39, 0.29) is 57.3 Å². The highest BCUT2D eigenvalue weighted by Gasteiger charge is 2.22. The second-order valence-corrected chi connectivity index (χ2v) is 15.5. The van der Waals surface area contributed by atoms with Crippen molar-refractivity contribution < 1.29 is 23.4 Å². The number of piperidine rings is 2. The number of nitrogens with two attached hydrogens (primary N) is 3. The predicted molar refractivity (Wildman–Crippen MR) is 218 cm³/mol. The molecule has 0 spiro atoms. The van der Waals surface area contributed by atoms with E-state index < -0.39 is 10.8 Å². The highest BCUT2D eigenvalue weighted by Crippen LogP contribution is 2.21. The first-order valence-electron chi connectivity index (χ1n) is 17.9. The van der Waals surface area contributed by atoms with Crippen molar-refractivity contribution in [3.8, 4) is 0 Å². The maximum Gasteiger partial charge on any atom is 0.224 e. The summed E-state index contributed by atoms with van der Waals surface area (Å²) in [6.45, 7) is 8.03. The van der Waals surface area contributed by atoms with Gasteiger partial charge in [-0.15, -0.1) is 0 Å². The summed E-state index contributed by atoms with van der Waals surface area (Å²) in [4.78, 5) is 66.9. The molecule has 0 bridgehead atoms. The van der Waals surface area contributed by atoms with Gasteiger partial charge in [-0.3, -0.25) is 23.4 Å². The minimum absolute atomic E-state index is 0.0248. The fraction of sp³-hybridized carbons (Fsp3) is 0.368. The van der Waals surface area contributed by atoms with Gasteiger partial charge in [0.15, 0.2) is 11.6 Å². The molecule has 4 aromatic rings. The standard InChI is InChI=1S/C18H20ClN5O2.C13H12ClN3O2S.C7H14N2O/c1-11(25)24-8-6-14(7-9-24)22-18-21-10-15(17(20)23-18)16(26)12-2-4-13(19)5-3-12;1-2-20(19)13-16-7-10(12(15)17-13)11(18)8-3-5-9(14)6-4-8;1-6(10)9-4-2-7(8)3-5-9/h2-5,10,14H,6-9H2,1H3,(H3,20,21,22,23);3-7H,2H2,1H3,(H2,15,16,17);7H,2-5,8H2,1H3. The van der Waals surface area contributed by atoms with Gasteiger partial charge in [0.05, 0.1) is 21.9 Å². The summed E-state index contributed by atoms with van der Waals surface area (Å²) >= 11 is 11.6. The Morgan fingerprint density at radius 2 is 1.16 bits per heavy atom. The van der Waals surface area contributed by atoms with Gasteiger partial charge in [0.2, 0.25) is 22.9 Å². The number of aromatic nitrogens is 4. The van der Waals surface area contributed by atoms with E-state index in [1.54, 1.807) is 69.3 Å². The van der Waals surface area contributed by atoms with Crippen LogP contribution in [0.1, 0.15) is 78.3 Å².